The quantitative estimate of drug-likeness (QED) is 0.163. The molecule has 4 rings (SSSR count). The summed E-state index contributed by atoms with van der Waals surface area (Å²) in [6.45, 7) is 9.17. The van der Waals surface area contributed by atoms with Crippen molar-refractivity contribution in [1.29, 1.82) is 0 Å². The van der Waals surface area contributed by atoms with Gasteiger partial charge in [-0.2, -0.15) is 0 Å². The van der Waals surface area contributed by atoms with Crippen LogP contribution in [0.15, 0.2) is 54.6 Å². The van der Waals surface area contributed by atoms with Crippen LogP contribution in [-0.4, -0.2) is 40.9 Å². The van der Waals surface area contributed by atoms with Gasteiger partial charge in [0.1, 0.15) is 17.2 Å². The second kappa shape index (κ2) is 15.4. The average Bonchev–Trinajstić information content (AvgIpc) is 2.98. The van der Waals surface area contributed by atoms with E-state index < -0.39 is 11.9 Å². The Bertz CT molecular complexity index is 1440. The van der Waals surface area contributed by atoms with E-state index in [1.807, 2.05) is 44.2 Å². The van der Waals surface area contributed by atoms with Gasteiger partial charge in [0.25, 0.3) is 0 Å². The third-order valence-electron chi connectivity index (χ3n) is 7.77. The molecule has 234 valence electrons. The van der Waals surface area contributed by atoms with Gasteiger partial charge in [-0.1, -0.05) is 31.4 Å². The molecule has 3 aromatic carbocycles. The zero-order valence-corrected chi connectivity index (χ0v) is 26.1. The average molecular weight is 602 g/mol. The van der Waals surface area contributed by atoms with Crippen molar-refractivity contribution in [2.45, 2.75) is 72.9 Å². The van der Waals surface area contributed by atoms with Crippen LogP contribution in [0.1, 0.15) is 68.2 Å². The number of benzene rings is 3. The number of carbonyl (C=O) groups excluding carboxylic acids is 3. The van der Waals surface area contributed by atoms with Gasteiger partial charge in [0.2, 0.25) is 5.91 Å². The van der Waals surface area contributed by atoms with Gasteiger partial charge in [0.05, 0.1) is 6.61 Å². The third-order valence-corrected chi connectivity index (χ3v) is 7.77. The van der Waals surface area contributed by atoms with Gasteiger partial charge in [-0.3, -0.25) is 14.5 Å². The predicted octanol–water partition coefficient (Wildman–Crippen LogP) is 6.84. The molecule has 0 atom stereocenters. The minimum Gasteiger partial charge on any atom is -0.508 e. The monoisotopic (exact) mass is 601 g/mol. The van der Waals surface area contributed by atoms with Crippen LogP contribution < -0.4 is 15.4 Å². The molecule has 0 heterocycles. The lowest BCUT2D eigenvalue weighted by molar-refractivity contribution is -0.152. The number of phenolic OH excluding ortho intramolecular Hbond substituents is 1. The van der Waals surface area contributed by atoms with Gasteiger partial charge in [0.15, 0.2) is 0 Å². The Kier molecular flexibility index (Phi) is 11.4. The maximum Gasteiger partial charge on any atom is 0.397 e. The molecule has 0 radical (unpaired) electrons. The summed E-state index contributed by atoms with van der Waals surface area (Å²) in [5.74, 6) is 0.174. The molecule has 1 saturated carbocycles. The molecule has 3 aromatic rings. The van der Waals surface area contributed by atoms with Crippen molar-refractivity contribution in [2.24, 2.45) is 5.92 Å². The minimum atomic E-state index is -0.931. The van der Waals surface area contributed by atoms with Crippen molar-refractivity contribution >= 4 is 29.2 Å². The number of hydrogen-bond donors (Lipinski definition) is 3. The fourth-order valence-electron chi connectivity index (χ4n) is 5.75. The minimum absolute atomic E-state index is 0.101. The number of nitrogens with zero attached hydrogens (tertiary/aromatic N) is 1. The molecule has 0 saturated heterocycles. The highest BCUT2D eigenvalue weighted by atomic mass is 16.5. The van der Waals surface area contributed by atoms with Gasteiger partial charge in [-0.25, -0.2) is 4.79 Å². The summed E-state index contributed by atoms with van der Waals surface area (Å²) in [5.41, 5.74) is 4.69. The van der Waals surface area contributed by atoms with Crippen LogP contribution in [0, 0.1) is 19.8 Å². The standard InChI is InChI=1S/C35H43N3O6/c1-5-43-35(42)34(41)37-30-17-23(2)33(24(3)18-30)44-31-15-16-32(40)28(19-31)22-38(20-26-9-7-6-8-10-26)21-27-11-13-29(14-12-27)36-25(4)39/h11-19,26,40H,5-10,20-22H2,1-4H3,(H,36,39)(H,37,41). The number of aromatic hydroxyl groups is 1. The van der Waals surface area contributed by atoms with Gasteiger partial charge >= 0.3 is 11.9 Å². The number of carbonyl (C=O) groups is 3. The SMILES string of the molecule is CCOC(=O)C(=O)Nc1cc(C)c(Oc2ccc(O)c(CN(Cc3ccc(NC(C)=O)cc3)CC3CCCCC3)c2)c(C)c1. The van der Waals surface area contributed by atoms with Crippen LogP contribution in [0.25, 0.3) is 0 Å². The predicted molar refractivity (Wildman–Crippen MR) is 171 cm³/mol. The summed E-state index contributed by atoms with van der Waals surface area (Å²) in [6.07, 6.45) is 6.22. The van der Waals surface area contributed by atoms with Crippen molar-refractivity contribution in [3.8, 4) is 17.2 Å². The van der Waals surface area contributed by atoms with Crippen LogP contribution >= 0.6 is 0 Å². The molecule has 3 N–H and O–H groups in total. The Morgan fingerprint density at radius 3 is 2.20 bits per heavy atom. The van der Waals surface area contributed by atoms with Crippen LogP contribution in [-0.2, 0) is 32.2 Å². The number of aryl methyl sites for hydroxylation is 2. The summed E-state index contributed by atoms with van der Waals surface area (Å²) < 4.78 is 11.1. The maximum absolute atomic E-state index is 12.1. The number of esters is 1. The first-order valence-corrected chi connectivity index (χ1v) is 15.3. The number of phenols is 1. The lowest BCUT2D eigenvalue weighted by Crippen LogP contribution is -2.30. The normalized spacial score (nSPS) is 13.4. The Balaban J connectivity index is 1.51. The first kappa shape index (κ1) is 32.5. The third kappa shape index (κ3) is 9.31. The largest absolute Gasteiger partial charge is 0.508 e. The molecule has 0 bridgehead atoms. The van der Waals surface area contributed by atoms with Crippen LogP contribution in [0.5, 0.6) is 17.2 Å². The summed E-state index contributed by atoms with van der Waals surface area (Å²) >= 11 is 0. The van der Waals surface area contributed by atoms with E-state index >= 15 is 0 Å². The molecule has 0 unspecified atom stereocenters. The van der Waals surface area contributed by atoms with E-state index in [9.17, 15) is 19.5 Å². The molecule has 1 aliphatic rings. The highest BCUT2D eigenvalue weighted by Gasteiger charge is 2.20. The molecule has 2 amide bonds. The van der Waals surface area contributed by atoms with E-state index in [0.717, 1.165) is 34.5 Å². The van der Waals surface area contributed by atoms with E-state index in [1.165, 1.54) is 39.0 Å². The first-order valence-electron chi connectivity index (χ1n) is 15.3. The van der Waals surface area contributed by atoms with Crippen molar-refractivity contribution in [2.75, 3.05) is 23.8 Å². The number of amides is 2. The molecule has 0 spiro atoms. The summed E-state index contributed by atoms with van der Waals surface area (Å²) in [5, 5.41) is 16.2. The van der Waals surface area contributed by atoms with Gasteiger partial charge in [-0.05, 0) is 98.7 Å². The Hall–Kier alpha value is -4.37. The van der Waals surface area contributed by atoms with Crippen LogP contribution in [0.4, 0.5) is 11.4 Å². The molecule has 0 aromatic heterocycles. The Labute approximate surface area is 259 Å². The van der Waals surface area contributed by atoms with Crippen molar-refractivity contribution in [3.05, 3.63) is 76.9 Å². The zero-order valence-electron chi connectivity index (χ0n) is 26.1. The summed E-state index contributed by atoms with van der Waals surface area (Å²) in [6, 6.07) is 16.6. The van der Waals surface area contributed by atoms with E-state index in [-0.39, 0.29) is 18.3 Å². The highest BCUT2D eigenvalue weighted by molar-refractivity contribution is 6.37. The van der Waals surface area contributed by atoms with Gasteiger partial charge in [-0.15, -0.1) is 0 Å². The molecule has 9 heteroatoms. The zero-order chi connectivity index (χ0) is 31.6. The van der Waals surface area contributed by atoms with Crippen LogP contribution in [0.2, 0.25) is 0 Å². The lowest BCUT2D eigenvalue weighted by atomic mass is 9.88. The fraction of sp³-hybridized carbons (Fsp3) is 0.400. The molecule has 1 aliphatic carbocycles. The second-order valence-electron chi connectivity index (χ2n) is 11.6. The molecule has 9 nitrogen and oxygen atoms in total. The number of rotatable bonds is 11. The smallest absolute Gasteiger partial charge is 0.397 e. The number of ether oxygens (including phenoxy) is 2. The molecule has 0 aliphatic heterocycles. The molecule has 1 fully saturated rings. The second-order valence-corrected chi connectivity index (χ2v) is 11.6. The van der Waals surface area contributed by atoms with Gasteiger partial charge < -0.3 is 25.2 Å². The molecular weight excluding hydrogens is 558 g/mol. The van der Waals surface area contributed by atoms with E-state index in [4.69, 9.17) is 9.47 Å². The van der Waals surface area contributed by atoms with Crippen molar-refractivity contribution in [1.82, 2.24) is 4.90 Å². The number of anilines is 2. The van der Waals surface area contributed by atoms with Crippen molar-refractivity contribution < 1.29 is 29.0 Å². The van der Waals surface area contributed by atoms with Gasteiger partial charge in [0, 0.05) is 43.5 Å². The topological polar surface area (TPSA) is 117 Å². The summed E-state index contributed by atoms with van der Waals surface area (Å²) in [7, 11) is 0. The first-order chi connectivity index (χ1) is 21.1. The maximum atomic E-state index is 12.1. The molecular formula is C35H43N3O6. The number of hydrogen-bond acceptors (Lipinski definition) is 7. The highest BCUT2D eigenvalue weighted by Crippen LogP contribution is 2.34. The fourth-order valence-corrected chi connectivity index (χ4v) is 5.75. The Morgan fingerprint density at radius 1 is 0.886 bits per heavy atom. The lowest BCUT2D eigenvalue weighted by Gasteiger charge is -2.30. The van der Waals surface area contributed by atoms with E-state index in [1.54, 1.807) is 31.2 Å². The van der Waals surface area contributed by atoms with E-state index in [0.29, 0.717) is 36.2 Å². The van der Waals surface area contributed by atoms with E-state index in [2.05, 4.69) is 15.5 Å². The molecule has 44 heavy (non-hydrogen) atoms. The van der Waals surface area contributed by atoms with Crippen molar-refractivity contribution in [3.63, 3.8) is 0 Å². The van der Waals surface area contributed by atoms with Crippen LogP contribution in [0.3, 0.4) is 0 Å². The number of nitrogens with one attached hydrogen (secondary N) is 2. The summed E-state index contributed by atoms with van der Waals surface area (Å²) in [4.78, 5) is 37.6. The Morgan fingerprint density at radius 2 is 1.57 bits per heavy atom.